The molecule has 0 atom stereocenters. The van der Waals surface area contributed by atoms with Crippen LogP contribution in [0.15, 0.2) is 0 Å². The molecule has 0 fully saturated rings. The minimum atomic E-state index is -0.491. The van der Waals surface area contributed by atoms with E-state index in [1.807, 2.05) is 0 Å². The van der Waals surface area contributed by atoms with Crippen molar-refractivity contribution in [2.45, 2.75) is 13.8 Å². The first-order valence-electron chi connectivity index (χ1n) is 1.90. The average Bonchev–Trinajstić information content (AvgIpc) is 1.36. The summed E-state index contributed by atoms with van der Waals surface area (Å²) >= 11 is 0. The van der Waals surface area contributed by atoms with Crippen LogP contribution in [0.5, 0.6) is 0 Å². The Morgan fingerprint density at radius 2 is 1.62 bits per heavy atom. The van der Waals surface area contributed by atoms with Crippen LogP contribution in [0.2, 0.25) is 0 Å². The minimum absolute atomic E-state index is 0. The van der Waals surface area contributed by atoms with Crippen molar-refractivity contribution in [2.75, 3.05) is 0 Å². The van der Waals surface area contributed by atoms with E-state index in [9.17, 15) is 4.79 Å². The van der Waals surface area contributed by atoms with E-state index in [0.29, 0.717) is 0 Å². The van der Waals surface area contributed by atoms with Gasteiger partial charge in [0, 0.05) is 20.4 Å². The Morgan fingerprint density at radius 3 is 1.62 bits per heavy atom. The Balaban J connectivity index is -0.000000125. The molecule has 1 N–H and O–H groups in total. The number of hydrogen-bond donors (Lipinski definition) is 0. The zero-order valence-corrected chi connectivity index (χ0v) is 14.2. The number of rotatable bonds is 1. The van der Waals surface area contributed by atoms with Gasteiger partial charge in [0.15, 0.2) is 0 Å². The zero-order chi connectivity index (χ0) is 5.15. The van der Waals surface area contributed by atoms with Crippen LogP contribution in [0.1, 0.15) is 13.8 Å². The van der Waals surface area contributed by atoms with Crippen LogP contribution < -0.4 is 0 Å². The number of amides is 1. The van der Waals surface area contributed by atoms with Gasteiger partial charge in [-0.1, -0.05) is 13.8 Å². The van der Waals surface area contributed by atoms with Gasteiger partial charge in [0.1, 0.15) is 0 Å². The summed E-state index contributed by atoms with van der Waals surface area (Å²) < 4.78 is 0. The summed E-state index contributed by atoms with van der Waals surface area (Å²) in [6.45, 7) is 3.41. The molecule has 0 spiro atoms. The predicted octanol–water partition coefficient (Wildman–Crippen LogP) is 1.22. The third-order valence-corrected chi connectivity index (χ3v) is 0.524. The van der Waals surface area contributed by atoms with Crippen LogP contribution in [-0.4, -0.2) is 5.91 Å². The summed E-state index contributed by atoms with van der Waals surface area (Å²) in [4.78, 5) is 9.81. The Kier molecular flexibility index (Phi) is 12.0. The van der Waals surface area contributed by atoms with E-state index >= 15 is 0 Å². The molecular weight excluding hydrogens is 531 g/mol. The molecule has 0 aromatic heterocycles. The van der Waals surface area contributed by atoms with Crippen molar-refractivity contribution in [3.8, 4) is 0 Å². The second-order valence-electron chi connectivity index (χ2n) is 1.52. The Hall–Kier alpha value is -0.868. The van der Waals surface area contributed by atoms with Gasteiger partial charge in [0.2, 0.25) is 0 Å². The van der Waals surface area contributed by atoms with Crippen molar-refractivity contribution in [3.63, 3.8) is 0 Å². The molecule has 0 aromatic rings. The molecule has 0 saturated carbocycles. The third kappa shape index (κ3) is 8.93. The van der Waals surface area contributed by atoms with Gasteiger partial charge in [-0.05, 0) is 5.92 Å². The van der Waals surface area contributed by atoms with Crippen molar-refractivity contribution in [1.82, 2.24) is 0 Å². The molecule has 1 amide bonds. The summed E-state index contributed by atoms with van der Waals surface area (Å²) in [6, 6.07) is 0. The first kappa shape index (κ1) is 15.7. The smallest absolute Gasteiger partial charge is 0.0513 e. The second-order valence-corrected chi connectivity index (χ2v) is 1.52. The Bertz CT molecular complexity index is 67.1. The topological polar surface area (TPSA) is 40.9 Å². The van der Waals surface area contributed by atoms with Crippen LogP contribution >= 0.6 is 0 Å². The first-order valence-corrected chi connectivity index (χ1v) is 1.90. The van der Waals surface area contributed by atoms with E-state index in [0.717, 1.165) is 0 Å². The fourth-order valence-corrected chi connectivity index (χ4v) is 0. The largest absolute Gasteiger partial charge is 0.668 e. The normalized spacial score (nSPS) is 6.88. The number of carbonyl (C=O) groups is 1. The maximum atomic E-state index is 9.81. The van der Waals surface area contributed by atoms with Gasteiger partial charge >= 0.3 is 0 Å². The summed E-state index contributed by atoms with van der Waals surface area (Å²) in [5, 5.41) is 0. The molecule has 0 aliphatic heterocycles. The van der Waals surface area contributed by atoms with Gasteiger partial charge in [0.05, 0.1) is 5.91 Å². The average molecular weight is 539 g/mol. The zero-order valence-electron chi connectivity index (χ0n) is 5.07. The van der Waals surface area contributed by atoms with E-state index in [1.54, 1.807) is 13.8 Å². The quantitative estimate of drug-likeness (QED) is 0.495. The molecule has 0 saturated heterocycles. The van der Waals surface area contributed by atoms with E-state index in [4.69, 9.17) is 5.73 Å². The summed E-state index contributed by atoms with van der Waals surface area (Å²) in [7, 11) is 0. The molecule has 0 aliphatic carbocycles. The molecule has 1 radical (unpaired) electrons. The van der Waals surface area contributed by atoms with Gasteiger partial charge in [-0.15, -0.1) is 0 Å². The third-order valence-electron chi connectivity index (χ3n) is 0.524. The molecule has 0 heterocycles. The minimum Gasteiger partial charge on any atom is -0.668 e. The van der Waals surface area contributed by atoms with Crippen LogP contribution in [0.4, 0.5) is 0 Å². The predicted molar refractivity (Wildman–Crippen MR) is 24.2 cm³/mol. The molecule has 0 bridgehead atoms. The summed E-state index contributed by atoms with van der Waals surface area (Å²) in [6.07, 6.45) is 0. The number of nitrogens with one attached hydrogen (secondary N) is 1. The maximum absolute atomic E-state index is 9.81. The molecule has 8 heavy (non-hydrogen) atoms. The van der Waals surface area contributed by atoms with Gasteiger partial charge in [-0.2, -0.15) is 0 Å². The fraction of sp³-hybridized carbons (Fsp3) is 0.750. The van der Waals surface area contributed by atoms with Crippen LogP contribution in [0, 0.1) is 5.92 Å². The van der Waals surface area contributed by atoms with E-state index < -0.39 is 5.91 Å². The fourth-order valence-electron chi connectivity index (χ4n) is 0. The Labute approximate surface area is 57.1 Å². The molecule has 0 aliphatic rings. The first-order chi connectivity index (χ1) is 2.64. The maximum Gasteiger partial charge on any atom is 0.0513 e. The summed E-state index contributed by atoms with van der Waals surface area (Å²) in [5.41, 5.74) is 6.39. The molecule has 0 unspecified atom stereocenters. The van der Waals surface area contributed by atoms with Gasteiger partial charge < -0.3 is 10.5 Å². The monoisotopic (exact) mass is 540 g/mol. The van der Waals surface area contributed by atoms with Crippen molar-refractivity contribution in [1.29, 1.82) is 0 Å². The van der Waals surface area contributed by atoms with E-state index in [-0.39, 0.29) is 26.3 Å². The van der Waals surface area contributed by atoms with E-state index in [1.165, 1.54) is 0 Å². The van der Waals surface area contributed by atoms with Crippen LogP contribution in [-0.2, 0) is 25.2 Å². The molecule has 45 valence electrons. The molecule has 2 nitrogen and oxygen atoms in total. The van der Waals surface area contributed by atoms with Gasteiger partial charge in [-0.25, -0.2) is 0 Å². The van der Waals surface area contributed by atoms with Crippen molar-refractivity contribution in [3.05, 3.63) is 5.73 Å². The van der Waals surface area contributed by atoms with Gasteiger partial charge in [-0.3, -0.25) is 0 Å². The molecule has 0 rings (SSSR count). The van der Waals surface area contributed by atoms with Crippen molar-refractivity contribution < 1.29 is 25.2 Å². The van der Waals surface area contributed by atoms with Crippen LogP contribution in [0.3, 0.4) is 0 Å². The van der Waals surface area contributed by atoms with Crippen molar-refractivity contribution >= 4 is 5.91 Å². The standard InChI is InChI=1S/C4H9NO.Re.Rf/c1-3(2)4(5)6;;/h3H,1-2H3,(H2,5,6);;/p-1. The molecule has 0 aromatic carbocycles. The molecule has 4 heteroatoms. The van der Waals surface area contributed by atoms with Crippen LogP contribution in [0.25, 0.3) is 5.73 Å². The van der Waals surface area contributed by atoms with Gasteiger partial charge in [0.25, 0.3) is 0 Å². The SMILES string of the molecule is CC(C)C([NH-])=O.[Re].[Rf]. The Morgan fingerprint density at radius 1 is 1.50 bits per heavy atom. The number of carbonyl (C=O) groups excluding carboxylic acids is 1. The number of hydrogen-bond acceptors (Lipinski definition) is 1. The molecular formula is C4H8NOReRf-. The summed E-state index contributed by atoms with van der Waals surface area (Å²) in [5.74, 6) is -0.611. The van der Waals surface area contributed by atoms with E-state index in [2.05, 4.69) is 0 Å². The second kappa shape index (κ2) is 6.13. The van der Waals surface area contributed by atoms with Crippen molar-refractivity contribution in [2.24, 2.45) is 5.92 Å².